The normalized spacial score (nSPS) is 15.7. The minimum Gasteiger partial charge on any atom is -0.474 e. The van der Waals surface area contributed by atoms with Gasteiger partial charge in [0, 0.05) is 81.3 Å². The summed E-state index contributed by atoms with van der Waals surface area (Å²) >= 11 is 0. The van der Waals surface area contributed by atoms with Crippen molar-refractivity contribution in [1.29, 1.82) is 0 Å². The van der Waals surface area contributed by atoms with E-state index >= 15 is 0 Å². The molecule has 16 nitrogen and oxygen atoms in total. The minimum absolute atomic E-state index is 0.258. The number of unbranched alkanes of at least 4 members (excludes halogenated alkanes) is 3. The number of rotatable bonds is 24. The van der Waals surface area contributed by atoms with Crippen LogP contribution in [0, 0.1) is 25.9 Å². The second-order valence-electron chi connectivity index (χ2n) is 20.2. The van der Waals surface area contributed by atoms with Gasteiger partial charge in [-0.3, -0.25) is 19.3 Å². The van der Waals surface area contributed by atoms with Gasteiger partial charge >= 0.3 is 0 Å². The first-order valence-electron chi connectivity index (χ1n) is 31.5. The maximum atomic E-state index is 13.3. The van der Waals surface area contributed by atoms with Crippen molar-refractivity contribution in [3.63, 3.8) is 0 Å². The summed E-state index contributed by atoms with van der Waals surface area (Å²) in [6, 6.07) is 7.90. The molecule has 16 heteroatoms. The lowest BCUT2D eigenvalue weighted by Gasteiger charge is -2.27. The SMILES string of the molecule is C=C/C=C(\C=C/CN=C(/N=C1CCC=CC/C(c2cnc3c(c2C)NCCO3)=C\1C)NC=C)CN(C)CCC.CC.CC.CCC1=CNC#CN=C1.CCCC.CCCCN(CCC)c1ccc2c(c1C)C(=O)N(C(CCCC=O)C(=O)NC)C2=O. The summed E-state index contributed by atoms with van der Waals surface area (Å²) in [5.74, 6) is -0.0396. The van der Waals surface area contributed by atoms with Gasteiger partial charge in [-0.15, -0.1) is 0 Å². The standard InChI is InChI=1S/C32H44N6O.C23H33N3O4.C7H8N2.C4H10.2C2H6/c1-7-14-26(23-38(6)20-8-2)15-13-18-35-32(33-9-3)37-29-17-12-10-11-16-27(24(29)4)28-22-36-31-30(25(28)5)34-19-21-39-31;1-5-7-14-25(13-6-2)18-12-11-17-20(16(18)3)23(30)26(22(17)29)19(21(28)24-4)10-8-9-15-27;1-2-7-5-8-3-4-9-6-7;1-3-4-2;2*1-2/h7,9-11,13-15,22,34H,1,3,8,12,16-21,23H2,2,4-6H3,(H,33,35);11-12,15,19H,5-10,13-14H2,1-4H3,(H,24,28);5-6,8H,2H2,1H3;3-4H2,1-2H3;2*1-2H3/b11-10?,15-13-,26-14+,27-24+,37-29+;;;;;. The third-order valence-corrected chi connectivity index (χ3v) is 13.9. The van der Waals surface area contributed by atoms with E-state index in [-0.39, 0.29) is 12.8 Å². The number of nitrogens with zero attached hydrogens (tertiary/aromatic N) is 7. The van der Waals surface area contributed by atoms with Crippen molar-refractivity contribution in [3.05, 3.63) is 125 Å². The Morgan fingerprint density at radius 2 is 1.66 bits per heavy atom. The van der Waals surface area contributed by atoms with Crippen molar-refractivity contribution in [1.82, 2.24) is 30.7 Å². The molecule has 1 unspecified atom stereocenters. The van der Waals surface area contributed by atoms with E-state index in [1.807, 2.05) is 65.2 Å². The van der Waals surface area contributed by atoms with Crippen molar-refractivity contribution in [2.45, 2.75) is 180 Å². The molecule has 1 aromatic heterocycles. The number of carbonyl (C=O) groups excluding carboxylic acids is 4. The molecule has 0 spiro atoms. The van der Waals surface area contributed by atoms with Gasteiger partial charge in [0.25, 0.3) is 11.8 Å². The highest BCUT2D eigenvalue weighted by molar-refractivity contribution is 6.24. The molecule has 0 saturated heterocycles. The molecule has 1 aliphatic carbocycles. The topological polar surface area (TPSA) is 185 Å². The molecule has 4 N–H and O–H groups in total. The van der Waals surface area contributed by atoms with Gasteiger partial charge in [0.15, 0.2) is 0 Å². The fraction of sp³-hybridized carbons (Fsp3) is 0.514. The van der Waals surface area contributed by atoms with Gasteiger partial charge in [-0.25, -0.2) is 20.0 Å². The second-order valence-corrected chi connectivity index (χ2v) is 20.2. The highest BCUT2D eigenvalue weighted by atomic mass is 16.5. The number of guanidine groups is 1. The van der Waals surface area contributed by atoms with E-state index in [1.54, 1.807) is 18.5 Å². The van der Waals surface area contributed by atoms with E-state index in [2.05, 4.69) is 153 Å². The van der Waals surface area contributed by atoms with Crippen LogP contribution in [0.3, 0.4) is 0 Å². The smallest absolute Gasteiger partial charge is 0.262 e. The van der Waals surface area contributed by atoms with Crippen LogP contribution in [-0.4, -0.2) is 123 Å². The number of ether oxygens (including phenoxy) is 1. The number of nitrogens with one attached hydrogen (secondary N) is 4. The number of hydrogen-bond acceptors (Lipinski definition) is 12. The number of benzene rings is 1. The molecule has 0 bridgehead atoms. The molecule has 86 heavy (non-hydrogen) atoms. The molecular formula is C70H107N11O5. The lowest BCUT2D eigenvalue weighted by Crippen LogP contribution is -2.48. The van der Waals surface area contributed by atoms with Crippen molar-refractivity contribution in [2.24, 2.45) is 15.0 Å². The second kappa shape index (κ2) is 45.7. The Balaban J connectivity index is 0.000000689. The fourth-order valence-corrected chi connectivity index (χ4v) is 9.36. The molecule has 1 atom stereocenters. The molecule has 0 saturated carbocycles. The predicted molar refractivity (Wildman–Crippen MR) is 365 cm³/mol. The number of allylic oxidation sites excluding steroid dienone is 7. The van der Waals surface area contributed by atoms with Gasteiger partial charge in [-0.1, -0.05) is 138 Å². The van der Waals surface area contributed by atoms with Crippen molar-refractivity contribution >= 4 is 58.8 Å². The highest BCUT2D eigenvalue weighted by Crippen LogP contribution is 2.37. The fourth-order valence-electron chi connectivity index (χ4n) is 9.36. The Labute approximate surface area is 518 Å². The van der Waals surface area contributed by atoms with Crippen LogP contribution in [0.5, 0.6) is 5.88 Å². The van der Waals surface area contributed by atoms with Crippen LogP contribution in [0.25, 0.3) is 5.57 Å². The summed E-state index contributed by atoms with van der Waals surface area (Å²) in [4.78, 5) is 73.3. The number of fused-ring (bicyclic) bond motifs is 2. The molecule has 1 aromatic carbocycles. The van der Waals surface area contributed by atoms with E-state index in [4.69, 9.17) is 14.7 Å². The molecule has 3 aliphatic heterocycles. The van der Waals surface area contributed by atoms with E-state index < -0.39 is 23.8 Å². The molecule has 472 valence electrons. The summed E-state index contributed by atoms with van der Waals surface area (Å²) in [7, 11) is 3.61. The summed E-state index contributed by atoms with van der Waals surface area (Å²) in [5.41, 5.74) is 11.5. The maximum Gasteiger partial charge on any atom is 0.262 e. The Morgan fingerprint density at radius 1 is 0.930 bits per heavy atom. The van der Waals surface area contributed by atoms with Crippen molar-refractivity contribution in [2.75, 3.05) is 70.2 Å². The van der Waals surface area contributed by atoms with Crippen LogP contribution in [0.1, 0.15) is 197 Å². The quantitative estimate of drug-likeness (QED) is 0.0115. The van der Waals surface area contributed by atoms with Crippen molar-refractivity contribution < 1.29 is 23.9 Å². The largest absolute Gasteiger partial charge is 0.474 e. The number of hydrogen-bond donors (Lipinski definition) is 4. The molecule has 3 amide bonds. The summed E-state index contributed by atoms with van der Waals surface area (Å²) in [6.45, 7) is 40.4. The average Bonchev–Trinajstić information content (AvgIpc) is 1.67. The first-order valence-corrected chi connectivity index (χ1v) is 31.5. The van der Waals surface area contributed by atoms with Gasteiger partial charge in [0.2, 0.25) is 17.7 Å². The number of carbonyl (C=O) groups is 4. The monoisotopic (exact) mass is 1180 g/mol. The predicted octanol–water partition coefficient (Wildman–Crippen LogP) is 14.1. The molecule has 2 aromatic rings. The third-order valence-electron chi connectivity index (χ3n) is 13.9. The number of aromatic nitrogens is 1. The number of aliphatic imine (C=N–C) groups is 3. The van der Waals surface area contributed by atoms with Crippen LogP contribution in [0.4, 0.5) is 11.4 Å². The number of likely N-dealkylation sites (N-methyl/N-ethyl adjacent to an activating group) is 2. The van der Waals surface area contributed by atoms with E-state index in [1.165, 1.54) is 31.0 Å². The molecule has 4 heterocycles. The summed E-state index contributed by atoms with van der Waals surface area (Å²) < 4.78 is 5.75. The van der Waals surface area contributed by atoms with Gasteiger partial charge in [-0.2, -0.15) is 0 Å². The Kier molecular flexibility index (Phi) is 40.6. The summed E-state index contributed by atoms with van der Waals surface area (Å²) in [6.07, 6.45) is 31.9. The van der Waals surface area contributed by atoms with Crippen LogP contribution in [0.15, 0.2) is 112 Å². The van der Waals surface area contributed by atoms with Crippen LogP contribution >= 0.6 is 0 Å². The minimum atomic E-state index is -0.919. The lowest BCUT2D eigenvalue weighted by atomic mass is 9.89. The Bertz CT molecular complexity index is 2770. The average molecular weight is 1180 g/mol. The van der Waals surface area contributed by atoms with Gasteiger partial charge < -0.3 is 40.6 Å². The Hall–Kier alpha value is -7.64. The number of imide groups is 1. The first-order chi connectivity index (χ1) is 41.7. The van der Waals surface area contributed by atoms with Crippen LogP contribution < -0.4 is 30.9 Å². The van der Waals surface area contributed by atoms with E-state index in [9.17, 15) is 19.2 Å². The van der Waals surface area contributed by atoms with E-state index in [0.29, 0.717) is 42.5 Å². The van der Waals surface area contributed by atoms with E-state index in [0.717, 1.165) is 140 Å². The molecule has 4 aliphatic rings. The zero-order valence-corrected chi connectivity index (χ0v) is 55.3. The highest BCUT2D eigenvalue weighted by Gasteiger charge is 2.44. The molecule has 6 rings (SSSR count). The lowest BCUT2D eigenvalue weighted by molar-refractivity contribution is -0.124. The third kappa shape index (κ3) is 25.1. The zero-order chi connectivity index (χ0) is 64.2. The van der Waals surface area contributed by atoms with Crippen LogP contribution in [-0.2, 0) is 9.59 Å². The Morgan fingerprint density at radius 3 is 2.30 bits per heavy atom. The zero-order valence-electron chi connectivity index (χ0n) is 55.3. The van der Waals surface area contributed by atoms with Gasteiger partial charge in [0.1, 0.15) is 24.6 Å². The number of aldehydes is 1. The summed E-state index contributed by atoms with van der Waals surface area (Å²) in [5, 5.41) is 11.9. The van der Waals surface area contributed by atoms with Gasteiger partial charge in [-0.05, 0) is 144 Å². The maximum absolute atomic E-state index is 13.3. The van der Waals surface area contributed by atoms with Crippen LogP contribution in [0.2, 0.25) is 0 Å². The van der Waals surface area contributed by atoms with Crippen molar-refractivity contribution in [3.8, 4) is 18.0 Å². The first kappa shape index (κ1) is 76.4. The number of anilines is 2. The van der Waals surface area contributed by atoms with Gasteiger partial charge in [0.05, 0.1) is 23.7 Å². The molecular weight excluding hydrogens is 1070 g/mol. The number of amides is 3. The molecule has 0 fully saturated rings. The molecule has 0 radical (unpaired) electrons. The number of pyridine rings is 1.